The predicted octanol–water partition coefficient (Wildman–Crippen LogP) is 5.21. The van der Waals surface area contributed by atoms with E-state index >= 15 is 0 Å². The highest BCUT2D eigenvalue weighted by atomic mass is 32.2. The van der Waals surface area contributed by atoms with Gasteiger partial charge in [-0.05, 0) is 68.3 Å². The van der Waals surface area contributed by atoms with E-state index in [1.54, 1.807) is 18.9 Å². The molecule has 2 aromatic carbocycles. The van der Waals surface area contributed by atoms with Crippen LogP contribution in [0.25, 0.3) is 0 Å². The number of rotatable bonds is 8. The highest BCUT2D eigenvalue weighted by Crippen LogP contribution is 2.29. The van der Waals surface area contributed by atoms with Gasteiger partial charge in [0, 0.05) is 36.2 Å². The van der Waals surface area contributed by atoms with Crippen LogP contribution in [-0.2, 0) is 4.84 Å². The van der Waals surface area contributed by atoms with Gasteiger partial charge in [0.2, 0.25) is 0 Å². The minimum absolute atomic E-state index is 0.0905. The summed E-state index contributed by atoms with van der Waals surface area (Å²) in [6, 6.07) is 12.4. The molecule has 0 N–H and O–H groups in total. The molecule has 1 unspecified atom stereocenters. The molecule has 1 aliphatic rings. The maximum absolute atomic E-state index is 5.71. The maximum atomic E-state index is 5.71. The van der Waals surface area contributed by atoms with Crippen molar-refractivity contribution in [3.05, 3.63) is 53.1 Å². The molecule has 1 atom stereocenters. The molecule has 2 aromatic rings. The molecule has 3 rings (SSSR count). The molecule has 0 amide bonds. The molecule has 0 saturated heterocycles. The Bertz CT molecular complexity index is 894. The fraction of sp³-hybridized carbons (Fsp3) is 0.391. The third kappa shape index (κ3) is 5.54. The monoisotopic (exact) mass is 411 g/mol. The SMILES string of the molecule is CCN(C)C=Nc1cc(C)c(C2=NOC(CSc3ccc(OC)cc3)C2)cc1C. The van der Waals surface area contributed by atoms with Crippen LogP contribution in [0.5, 0.6) is 5.75 Å². The van der Waals surface area contributed by atoms with Crippen LogP contribution in [0.2, 0.25) is 0 Å². The molecule has 1 heterocycles. The van der Waals surface area contributed by atoms with Crippen molar-refractivity contribution in [3.63, 3.8) is 0 Å². The summed E-state index contributed by atoms with van der Waals surface area (Å²) in [6.45, 7) is 7.24. The minimum Gasteiger partial charge on any atom is -0.497 e. The highest BCUT2D eigenvalue weighted by molar-refractivity contribution is 7.99. The minimum atomic E-state index is 0.0905. The highest BCUT2D eigenvalue weighted by Gasteiger charge is 2.24. The predicted molar refractivity (Wildman–Crippen MR) is 122 cm³/mol. The van der Waals surface area contributed by atoms with Gasteiger partial charge in [-0.15, -0.1) is 11.8 Å². The smallest absolute Gasteiger partial charge is 0.142 e. The number of thioether (sulfide) groups is 1. The molecule has 0 bridgehead atoms. The molecular weight excluding hydrogens is 382 g/mol. The molecule has 6 heteroatoms. The van der Waals surface area contributed by atoms with Crippen LogP contribution in [0.1, 0.15) is 30.0 Å². The van der Waals surface area contributed by atoms with E-state index in [0.29, 0.717) is 0 Å². The van der Waals surface area contributed by atoms with E-state index in [1.807, 2.05) is 25.5 Å². The van der Waals surface area contributed by atoms with Crippen molar-refractivity contribution < 1.29 is 9.57 Å². The van der Waals surface area contributed by atoms with E-state index in [1.165, 1.54) is 10.5 Å². The lowest BCUT2D eigenvalue weighted by Crippen LogP contribution is -2.14. The Hall–Kier alpha value is -2.47. The van der Waals surface area contributed by atoms with E-state index in [9.17, 15) is 0 Å². The molecule has 0 radical (unpaired) electrons. The summed E-state index contributed by atoms with van der Waals surface area (Å²) in [4.78, 5) is 13.6. The van der Waals surface area contributed by atoms with Crippen LogP contribution >= 0.6 is 11.8 Å². The van der Waals surface area contributed by atoms with Crippen molar-refractivity contribution in [1.82, 2.24) is 4.90 Å². The molecule has 0 saturated carbocycles. The van der Waals surface area contributed by atoms with E-state index in [-0.39, 0.29) is 6.10 Å². The lowest BCUT2D eigenvalue weighted by Gasteiger charge is -2.12. The van der Waals surface area contributed by atoms with Gasteiger partial charge in [-0.25, -0.2) is 4.99 Å². The number of oxime groups is 1. The fourth-order valence-electron chi connectivity index (χ4n) is 3.03. The van der Waals surface area contributed by atoms with Crippen molar-refractivity contribution in [2.45, 2.75) is 38.2 Å². The summed E-state index contributed by atoms with van der Waals surface area (Å²) >= 11 is 1.78. The van der Waals surface area contributed by atoms with E-state index < -0.39 is 0 Å². The molecule has 0 aromatic heterocycles. The lowest BCUT2D eigenvalue weighted by atomic mass is 9.97. The van der Waals surface area contributed by atoms with Crippen LogP contribution < -0.4 is 4.74 Å². The third-order valence-corrected chi connectivity index (χ3v) is 6.12. The van der Waals surface area contributed by atoms with Gasteiger partial charge in [-0.3, -0.25) is 0 Å². The number of nitrogens with zero attached hydrogens (tertiary/aromatic N) is 3. The van der Waals surface area contributed by atoms with Gasteiger partial charge in [0.05, 0.1) is 24.8 Å². The number of benzene rings is 2. The molecule has 0 fully saturated rings. The number of methoxy groups -OCH3 is 1. The largest absolute Gasteiger partial charge is 0.497 e. The van der Waals surface area contributed by atoms with Gasteiger partial charge in [-0.1, -0.05) is 5.16 Å². The van der Waals surface area contributed by atoms with Crippen molar-refractivity contribution in [3.8, 4) is 5.75 Å². The standard InChI is InChI=1S/C23H29N3O2S/c1-6-26(4)15-24-22-12-16(2)21(11-17(22)3)23-13-19(28-25-23)14-29-20-9-7-18(27-5)8-10-20/h7-12,15,19H,6,13-14H2,1-5H3. The van der Waals surface area contributed by atoms with Gasteiger partial charge in [0.25, 0.3) is 0 Å². The van der Waals surface area contributed by atoms with Crippen LogP contribution in [-0.4, -0.2) is 49.5 Å². The normalized spacial score (nSPS) is 16.0. The van der Waals surface area contributed by atoms with Crippen molar-refractivity contribution in [2.75, 3.05) is 26.5 Å². The number of ether oxygens (including phenoxy) is 1. The first-order valence-corrected chi connectivity index (χ1v) is 10.8. The Morgan fingerprint density at radius 3 is 2.69 bits per heavy atom. The van der Waals surface area contributed by atoms with Crippen molar-refractivity contribution in [2.24, 2.45) is 10.1 Å². The lowest BCUT2D eigenvalue weighted by molar-refractivity contribution is 0.103. The Kier molecular flexibility index (Phi) is 7.20. The van der Waals surface area contributed by atoms with Crippen molar-refractivity contribution in [1.29, 1.82) is 0 Å². The van der Waals surface area contributed by atoms with Crippen molar-refractivity contribution >= 4 is 29.5 Å². The Balaban J connectivity index is 1.61. The van der Waals surface area contributed by atoms with Gasteiger partial charge >= 0.3 is 0 Å². The Labute approximate surface area is 177 Å². The van der Waals surface area contributed by atoms with Gasteiger partial charge in [-0.2, -0.15) is 0 Å². The van der Waals surface area contributed by atoms with Gasteiger partial charge < -0.3 is 14.5 Å². The van der Waals surface area contributed by atoms with E-state index in [2.05, 4.69) is 60.1 Å². The quantitative estimate of drug-likeness (QED) is 0.340. The van der Waals surface area contributed by atoms with Crippen LogP contribution in [0.3, 0.4) is 0 Å². The average Bonchev–Trinajstić information content (AvgIpc) is 3.21. The van der Waals surface area contributed by atoms with Gasteiger partial charge in [0.15, 0.2) is 0 Å². The van der Waals surface area contributed by atoms with E-state index in [0.717, 1.165) is 47.0 Å². The first kappa shape index (κ1) is 21.2. The number of hydrogen-bond donors (Lipinski definition) is 0. The summed E-state index contributed by atoms with van der Waals surface area (Å²) in [7, 11) is 3.70. The molecule has 154 valence electrons. The van der Waals surface area contributed by atoms with E-state index in [4.69, 9.17) is 9.57 Å². The Morgan fingerprint density at radius 1 is 1.24 bits per heavy atom. The summed E-state index contributed by atoms with van der Waals surface area (Å²) < 4.78 is 5.21. The fourth-order valence-corrected chi connectivity index (χ4v) is 3.92. The zero-order chi connectivity index (χ0) is 20.8. The first-order valence-electron chi connectivity index (χ1n) is 9.85. The average molecular weight is 412 g/mol. The Morgan fingerprint density at radius 2 is 2.00 bits per heavy atom. The zero-order valence-corrected chi connectivity index (χ0v) is 18.6. The molecular formula is C23H29N3O2S. The van der Waals surface area contributed by atoms with Crippen LogP contribution in [0, 0.1) is 13.8 Å². The summed E-state index contributed by atoms with van der Waals surface area (Å²) in [5.41, 5.74) is 5.49. The summed E-state index contributed by atoms with van der Waals surface area (Å²) in [5, 5.41) is 4.38. The number of aliphatic imine (C=N–C) groups is 1. The summed E-state index contributed by atoms with van der Waals surface area (Å²) in [5.74, 6) is 1.74. The van der Waals surface area contributed by atoms with Gasteiger partial charge in [0.1, 0.15) is 11.9 Å². The molecule has 0 spiro atoms. The second-order valence-electron chi connectivity index (χ2n) is 7.23. The third-order valence-electron chi connectivity index (χ3n) is 4.97. The van der Waals surface area contributed by atoms with Crippen LogP contribution in [0.15, 0.2) is 51.4 Å². The first-order chi connectivity index (χ1) is 14.0. The topological polar surface area (TPSA) is 46.4 Å². The zero-order valence-electron chi connectivity index (χ0n) is 17.8. The second-order valence-corrected chi connectivity index (χ2v) is 8.32. The molecule has 0 aliphatic carbocycles. The molecule has 1 aliphatic heterocycles. The number of aryl methyl sites for hydroxylation is 2. The molecule has 5 nitrogen and oxygen atoms in total. The maximum Gasteiger partial charge on any atom is 0.142 e. The second kappa shape index (κ2) is 9.83. The molecule has 29 heavy (non-hydrogen) atoms. The summed E-state index contributed by atoms with van der Waals surface area (Å²) in [6.07, 6.45) is 2.79. The van der Waals surface area contributed by atoms with Crippen LogP contribution in [0.4, 0.5) is 5.69 Å². The number of hydrogen-bond acceptors (Lipinski definition) is 5.